The lowest BCUT2D eigenvalue weighted by atomic mass is 9.75. The highest BCUT2D eigenvalue weighted by atomic mass is 16.5. The fourth-order valence-corrected chi connectivity index (χ4v) is 3.11. The Balaban J connectivity index is 2.17. The van der Waals surface area contributed by atoms with Gasteiger partial charge in [0.25, 0.3) is 0 Å². The third-order valence-electron chi connectivity index (χ3n) is 4.59. The molecule has 104 valence electrons. The van der Waals surface area contributed by atoms with Gasteiger partial charge >= 0.3 is 0 Å². The number of morpholine rings is 1. The Morgan fingerprint density at radius 3 is 2.72 bits per heavy atom. The standard InChI is InChI=1S/C14H26N2O2/c1-10(2)14(5-6-15-9-14)13(17)16-7-12(4)18-8-11(16)3/h10-12,15H,5-9H2,1-4H3. The first kappa shape index (κ1) is 13.8. The van der Waals surface area contributed by atoms with Crippen molar-refractivity contribution < 1.29 is 9.53 Å². The lowest BCUT2D eigenvalue weighted by Gasteiger charge is -2.43. The Labute approximate surface area is 110 Å². The van der Waals surface area contributed by atoms with Gasteiger partial charge in [-0.2, -0.15) is 0 Å². The molecule has 1 amide bonds. The first-order chi connectivity index (χ1) is 8.47. The molecule has 0 spiro atoms. The number of nitrogens with one attached hydrogen (secondary N) is 1. The monoisotopic (exact) mass is 254 g/mol. The molecule has 0 aliphatic carbocycles. The van der Waals surface area contributed by atoms with Crippen molar-refractivity contribution in [2.24, 2.45) is 11.3 Å². The smallest absolute Gasteiger partial charge is 0.230 e. The van der Waals surface area contributed by atoms with Crippen molar-refractivity contribution in [3.63, 3.8) is 0 Å². The second-order valence-corrected chi connectivity index (χ2v) is 6.19. The molecule has 2 rings (SSSR count). The lowest BCUT2D eigenvalue weighted by molar-refractivity contribution is -0.155. The summed E-state index contributed by atoms with van der Waals surface area (Å²) in [4.78, 5) is 15.0. The SMILES string of the molecule is CC1CN(C(=O)C2(C(C)C)CCNC2)C(C)CO1. The topological polar surface area (TPSA) is 41.6 Å². The molecule has 0 aromatic heterocycles. The molecular formula is C14H26N2O2. The highest BCUT2D eigenvalue weighted by Gasteiger charge is 2.47. The van der Waals surface area contributed by atoms with Crippen LogP contribution in [0.1, 0.15) is 34.1 Å². The number of amides is 1. The second kappa shape index (κ2) is 5.17. The summed E-state index contributed by atoms with van der Waals surface area (Å²) < 4.78 is 5.62. The van der Waals surface area contributed by atoms with E-state index in [1.165, 1.54) is 0 Å². The van der Waals surface area contributed by atoms with Crippen molar-refractivity contribution in [1.82, 2.24) is 10.2 Å². The van der Waals surface area contributed by atoms with Crippen LogP contribution >= 0.6 is 0 Å². The van der Waals surface area contributed by atoms with Crippen molar-refractivity contribution in [3.05, 3.63) is 0 Å². The molecule has 0 aromatic carbocycles. The highest BCUT2D eigenvalue weighted by Crippen LogP contribution is 2.37. The Kier molecular flexibility index (Phi) is 3.97. The van der Waals surface area contributed by atoms with Crippen LogP contribution in [0.15, 0.2) is 0 Å². The molecule has 4 nitrogen and oxygen atoms in total. The molecule has 3 unspecified atom stereocenters. The van der Waals surface area contributed by atoms with E-state index in [0.717, 1.165) is 26.1 Å². The molecular weight excluding hydrogens is 228 g/mol. The normalized spacial score (nSPS) is 37.3. The number of carbonyl (C=O) groups is 1. The molecule has 3 atom stereocenters. The molecule has 0 radical (unpaired) electrons. The summed E-state index contributed by atoms with van der Waals surface area (Å²) in [6.45, 7) is 11.6. The van der Waals surface area contributed by atoms with E-state index < -0.39 is 0 Å². The molecule has 1 N–H and O–H groups in total. The molecule has 18 heavy (non-hydrogen) atoms. The van der Waals surface area contributed by atoms with Gasteiger partial charge in [-0.05, 0) is 32.7 Å². The molecule has 0 bridgehead atoms. The summed E-state index contributed by atoms with van der Waals surface area (Å²) in [5.41, 5.74) is -0.203. The summed E-state index contributed by atoms with van der Waals surface area (Å²) in [5, 5.41) is 3.36. The van der Waals surface area contributed by atoms with E-state index in [1.54, 1.807) is 0 Å². The fourth-order valence-electron chi connectivity index (χ4n) is 3.11. The maximum atomic E-state index is 13.0. The Hall–Kier alpha value is -0.610. The molecule has 2 saturated heterocycles. The third-order valence-corrected chi connectivity index (χ3v) is 4.59. The van der Waals surface area contributed by atoms with Gasteiger partial charge < -0.3 is 15.0 Å². The zero-order valence-electron chi connectivity index (χ0n) is 12.0. The van der Waals surface area contributed by atoms with E-state index in [9.17, 15) is 4.79 Å². The Morgan fingerprint density at radius 1 is 1.44 bits per heavy atom. The Morgan fingerprint density at radius 2 is 2.17 bits per heavy atom. The van der Waals surface area contributed by atoms with E-state index in [1.807, 2.05) is 11.8 Å². The number of hydrogen-bond acceptors (Lipinski definition) is 3. The number of carbonyl (C=O) groups excluding carboxylic acids is 1. The molecule has 0 aromatic rings. The van der Waals surface area contributed by atoms with Crippen molar-refractivity contribution in [3.8, 4) is 0 Å². The summed E-state index contributed by atoms with van der Waals surface area (Å²) in [7, 11) is 0. The van der Waals surface area contributed by atoms with Crippen LogP contribution in [-0.4, -0.2) is 49.2 Å². The minimum absolute atomic E-state index is 0.156. The minimum Gasteiger partial charge on any atom is -0.375 e. The van der Waals surface area contributed by atoms with Crippen LogP contribution in [0, 0.1) is 11.3 Å². The van der Waals surface area contributed by atoms with E-state index in [2.05, 4.69) is 26.1 Å². The predicted molar refractivity (Wildman–Crippen MR) is 71.3 cm³/mol. The molecule has 4 heteroatoms. The lowest BCUT2D eigenvalue weighted by Crippen LogP contribution is -2.57. The van der Waals surface area contributed by atoms with Crippen LogP contribution < -0.4 is 5.32 Å². The van der Waals surface area contributed by atoms with Crippen molar-refractivity contribution in [1.29, 1.82) is 0 Å². The summed E-state index contributed by atoms with van der Waals surface area (Å²) >= 11 is 0. The van der Waals surface area contributed by atoms with E-state index >= 15 is 0 Å². The van der Waals surface area contributed by atoms with Gasteiger partial charge in [0.15, 0.2) is 0 Å². The van der Waals surface area contributed by atoms with Crippen LogP contribution in [0.25, 0.3) is 0 Å². The number of nitrogens with zero attached hydrogens (tertiary/aromatic N) is 1. The van der Waals surface area contributed by atoms with E-state index in [0.29, 0.717) is 18.4 Å². The number of hydrogen-bond donors (Lipinski definition) is 1. The van der Waals surface area contributed by atoms with Crippen molar-refractivity contribution in [2.75, 3.05) is 26.2 Å². The quantitative estimate of drug-likeness (QED) is 0.806. The van der Waals surface area contributed by atoms with E-state index in [-0.39, 0.29) is 17.6 Å². The Bertz CT molecular complexity index is 311. The molecule has 2 aliphatic heterocycles. The van der Waals surface area contributed by atoms with Gasteiger partial charge in [0.05, 0.1) is 24.2 Å². The van der Waals surface area contributed by atoms with Gasteiger partial charge in [-0.25, -0.2) is 0 Å². The number of rotatable bonds is 2. The van der Waals surface area contributed by atoms with Gasteiger partial charge in [-0.15, -0.1) is 0 Å². The van der Waals surface area contributed by atoms with Crippen LogP contribution in [0.4, 0.5) is 0 Å². The van der Waals surface area contributed by atoms with Crippen LogP contribution in [-0.2, 0) is 9.53 Å². The number of ether oxygens (including phenoxy) is 1. The molecule has 2 fully saturated rings. The largest absolute Gasteiger partial charge is 0.375 e. The first-order valence-corrected chi connectivity index (χ1v) is 7.11. The maximum Gasteiger partial charge on any atom is 0.230 e. The second-order valence-electron chi connectivity index (χ2n) is 6.19. The maximum absolute atomic E-state index is 13.0. The van der Waals surface area contributed by atoms with Gasteiger partial charge in [-0.3, -0.25) is 4.79 Å². The minimum atomic E-state index is -0.203. The molecule has 2 aliphatic rings. The van der Waals surface area contributed by atoms with Crippen LogP contribution in [0.3, 0.4) is 0 Å². The predicted octanol–water partition coefficient (Wildman–Crippen LogP) is 1.26. The third kappa shape index (κ3) is 2.28. The van der Waals surface area contributed by atoms with Gasteiger partial charge in [0, 0.05) is 13.1 Å². The van der Waals surface area contributed by atoms with Gasteiger partial charge in [0.2, 0.25) is 5.91 Å². The molecule has 2 heterocycles. The van der Waals surface area contributed by atoms with Gasteiger partial charge in [-0.1, -0.05) is 13.8 Å². The first-order valence-electron chi connectivity index (χ1n) is 7.11. The summed E-state index contributed by atoms with van der Waals surface area (Å²) in [5.74, 6) is 0.704. The average Bonchev–Trinajstić information content (AvgIpc) is 2.82. The highest BCUT2D eigenvalue weighted by molar-refractivity contribution is 5.84. The van der Waals surface area contributed by atoms with Crippen molar-refractivity contribution >= 4 is 5.91 Å². The van der Waals surface area contributed by atoms with E-state index in [4.69, 9.17) is 4.74 Å². The van der Waals surface area contributed by atoms with Crippen LogP contribution in [0.2, 0.25) is 0 Å². The average molecular weight is 254 g/mol. The van der Waals surface area contributed by atoms with Crippen LogP contribution in [0.5, 0.6) is 0 Å². The zero-order valence-corrected chi connectivity index (χ0v) is 12.0. The fraction of sp³-hybridized carbons (Fsp3) is 0.929. The summed E-state index contributed by atoms with van der Waals surface area (Å²) in [6.07, 6.45) is 1.12. The summed E-state index contributed by atoms with van der Waals surface area (Å²) in [6, 6.07) is 0.199. The zero-order chi connectivity index (χ0) is 13.3. The molecule has 0 saturated carbocycles. The van der Waals surface area contributed by atoms with Crippen molar-refractivity contribution in [2.45, 2.75) is 46.3 Å². The van der Waals surface area contributed by atoms with Gasteiger partial charge in [0.1, 0.15) is 0 Å².